The Morgan fingerprint density at radius 2 is 2.00 bits per heavy atom. The van der Waals surface area contributed by atoms with Crippen LogP contribution in [0.1, 0.15) is 20.2 Å². The molecule has 3 aromatic heterocycles. The topological polar surface area (TPSA) is 101 Å². The van der Waals surface area contributed by atoms with Gasteiger partial charge in [0.2, 0.25) is 0 Å². The zero-order valence-corrected chi connectivity index (χ0v) is 21.9. The summed E-state index contributed by atoms with van der Waals surface area (Å²) in [5.41, 5.74) is 4.81. The second-order valence-corrected chi connectivity index (χ2v) is 9.52. The van der Waals surface area contributed by atoms with Crippen molar-refractivity contribution in [3.05, 3.63) is 78.4 Å². The number of aryl methyl sites for hydroxylation is 2. The van der Waals surface area contributed by atoms with E-state index in [9.17, 15) is 4.79 Å². The summed E-state index contributed by atoms with van der Waals surface area (Å²) in [6, 6.07) is 14.8. The maximum Gasteiger partial charge on any atom is 0.255 e. The lowest BCUT2D eigenvalue weighted by molar-refractivity contribution is -0.114. The Kier molecular flexibility index (Phi) is 5.00. The van der Waals surface area contributed by atoms with Crippen LogP contribution in [0, 0.1) is 6.92 Å². The zero-order chi connectivity index (χ0) is 32.8. The molecule has 6 rings (SSSR count). The Morgan fingerprint density at radius 1 is 1.10 bits per heavy atom. The van der Waals surface area contributed by atoms with Crippen LogP contribution in [0.25, 0.3) is 22.1 Å². The molecule has 1 fully saturated rings. The number of amides is 1. The number of likely N-dealkylation sites (N-methyl/N-ethyl adjacent to an activating group) is 1. The van der Waals surface area contributed by atoms with Crippen LogP contribution < -0.4 is 15.0 Å². The third-order valence-corrected chi connectivity index (χ3v) is 6.75. The molecule has 10 heteroatoms. The molecule has 0 bridgehead atoms. The summed E-state index contributed by atoms with van der Waals surface area (Å²) in [5, 5.41) is 3.30. The molecule has 0 atom stereocenters. The number of anilines is 3. The van der Waals surface area contributed by atoms with Crippen LogP contribution in [0.4, 0.5) is 17.3 Å². The third-order valence-electron chi connectivity index (χ3n) is 6.75. The molecule has 1 aliphatic rings. The molecule has 0 aliphatic carbocycles. The normalized spacial score (nSPS) is 17.5. The second-order valence-electron chi connectivity index (χ2n) is 9.52. The number of fused-ring (bicyclic) bond motifs is 2. The van der Waals surface area contributed by atoms with Gasteiger partial charge in [-0.15, -0.1) is 0 Å². The van der Waals surface area contributed by atoms with Crippen LogP contribution in [0.5, 0.6) is 11.5 Å². The van der Waals surface area contributed by atoms with Crippen LogP contribution in [0.2, 0.25) is 0 Å². The average molecular weight is 541 g/mol. The summed E-state index contributed by atoms with van der Waals surface area (Å²) in [6.45, 7) is -3.86. The fourth-order valence-corrected chi connectivity index (χ4v) is 4.68. The number of hydrogen-bond donors (Lipinski definition) is 1. The predicted molar refractivity (Wildman–Crippen MR) is 156 cm³/mol. The molecule has 40 heavy (non-hydrogen) atoms. The van der Waals surface area contributed by atoms with Crippen molar-refractivity contribution in [3.8, 4) is 11.5 Å². The van der Waals surface area contributed by atoms with Crippen LogP contribution >= 0.6 is 0 Å². The molecule has 1 aliphatic heterocycles. The van der Waals surface area contributed by atoms with E-state index in [1.165, 1.54) is 17.3 Å². The van der Waals surface area contributed by atoms with Crippen molar-refractivity contribution in [2.24, 2.45) is 7.05 Å². The number of imidazole rings is 1. The van der Waals surface area contributed by atoms with Gasteiger partial charge in [0.25, 0.3) is 5.91 Å². The van der Waals surface area contributed by atoms with Gasteiger partial charge in [-0.2, -0.15) is 0 Å². The first-order valence-corrected chi connectivity index (χ1v) is 12.6. The molecule has 5 aromatic rings. The average Bonchev–Trinajstić information content (AvgIpc) is 3.54. The number of pyridine rings is 1. The number of carbonyl (C=O) groups is 1. The largest absolute Gasteiger partial charge is 0.457 e. The first-order valence-electron chi connectivity index (χ1n) is 15.6. The molecule has 202 valence electrons. The first kappa shape index (κ1) is 19.3. The number of hydrogen-bond acceptors (Lipinski definition) is 8. The van der Waals surface area contributed by atoms with E-state index in [1.54, 1.807) is 18.5 Å². The van der Waals surface area contributed by atoms with Crippen molar-refractivity contribution in [1.29, 1.82) is 0 Å². The van der Waals surface area contributed by atoms with Gasteiger partial charge >= 0.3 is 0 Å². The Morgan fingerprint density at radius 3 is 2.85 bits per heavy atom. The molecule has 0 saturated carbocycles. The Balaban J connectivity index is 1.20. The molecule has 0 unspecified atom stereocenters. The summed E-state index contributed by atoms with van der Waals surface area (Å²) in [7, 11) is 1.94. The summed E-state index contributed by atoms with van der Waals surface area (Å²) in [4.78, 5) is 32.9. The predicted octanol–water partition coefficient (Wildman–Crippen LogP) is 4.98. The van der Waals surface area contributed by atoms with Gasteiger partial charge in [0.1, 0.15) is 29.2 Å². The number of benzene rings is 2. The van der Waals surface area contributed by atoms with Gasteiger partial charge in [-0.05, 0) is 75.3 Å². The molecule has 1 saturated heterocycles. The van der Waals surface area contributed by atoms with Crippen LogP contribution in [-0.2, 0) is 11.8 Å². The Bertz CT molecular complexity index is 1970. The van der Waals surface area contributed by atoms with E-state index in [0.717, 1.165) is 22.3 Å². The summed E-state index contributed by atoms with van der Waals surface area (Å²) in [5.74, 6) is 1.80. The van der Waals surface area contributed by atoms with Gasteiger partial charge in [0, 0.05) is 45.7 Å². The van der Waals surface area contributed by atoms with Crippen molar-refractivity contribution in [2.45, 2.75) is 13.3 Å². The van der Waals surface area contributed by atoms with Crippen LogP contribution in [0.15, 0.2) is 72.8 Å². The smallest absolute Gasteiger partial charge is 0.255 e. The van der Waals surface area contributed by atoms with Gasteiger partial charge < -0.3 is 19.5 Å². The highest BCUT2D eigenvalue weighted by molar-refractivity contribution is 6.08. The molecular weight excluding hydrogens is 504 g/mol. The summed E-state index contributed by atoms with van der Waals surface area (Å²) in [6.07, 6.45) is 4.86. The third kappa shape index (κ3) is 4.96. The van der Waals surface area contributed by atoms with Crippen molar-refractivity contribution in [2.75, 3.05) is 37.3 Å². The maximum absolute atomic E-state index is 13.3. The quantitative estimate of drug-likeness (QED) is 0.289. The van der Waals surface area contributed by atoms with E-state index in [0.29, 0.717) is 57.6 Å². The highest BCUT2D eigenvalue weighted by Gasteiger charge is 2.28. The lowest BCUT2D eigenvalue weighted by Crippen LogP contribution is -2.25. The van der Waals surface area contributed by atoms with Crippen molar-refractivity contribution >= 4 is 45.3 Å². The second kappa shape index (κ2) is 10.4. The monoisotopic (exact) mass is 540 g/mol. The lowest BCUT2D eigenvalue weighted by Gasteiger charge is -2.16. The summed E-state index contributed by atoms with van der Waals surface area (Å²) < 4.78 is 53.4. The molecule has 4 heterocycles. The molecule has 2 aromatic carbocycles. The van der Waals surface area contributed by atoms with Crippen molar-refractivity contribution in [1.82, 2.24) is 29.4 Å². The zero-order valence-electron chi connectivity index (χ0n) is 27.9. The number of carbonyl (C=O) groups excluding carboxylic acids is 1. The van der Waals surface area contributed by atoms with Crippen LogP contribution in [-0.4, -0.2) is 62.4 Å². The minimum atomic E-state index is -2.84. The Hall–Kier alpha value is -4.83. The number of aromatic nitrogens is 5. The van der Waals surface area contributed by atoms with Crippen molar-refractivity contribution in [3.63, 3.8) is 0 Å². The Labute approximate surface area is 240 Å². The van der Waals surface area contributed by atoms with Gasteiger partial charge in [-0.1, -0.05) is 6.08 Å². The number of nitrogens with one attached hydrogen (secondary N) is 1. The minimum Gasteiger partial charge on any atom is -0.457 e. The lowest BCUT2D eigenvalue weighted by atomic mass is 10.2. The standard InChI is InChI=1S/C30H30N8O2/c1-19-15-21(5-9-26(19)40-22-6-8-25-24(16-22)33-18-37(25)4)34-29-28-23(31-17-32-29)7-10-27(35-28)38-14-12-20(30(38)39)11-13-36(2)3/h5-11,15-18H,12-14H2,1-4H3,(H,31,32,34)/b20-11+/i2D3,3D3. The number of rotatable bonds is 7. The highest BCUT2D eigenvalue weighted by Crippen LogP contribution is 2.32. The van der Waals surface area contributed by atoms with E-state index in [1.807, 2.05) is 54.9 Å². The molecule has 0 spiro atoms. The van der Waals surface area contributed by atoms with Gasteiger partial charge in [-0.3, -0.25) is 9.69 Å². The van der Waals surface area contributed by atoms with E-state index in [2.05, 4.69) is 20.3 Å². The molecular formula is C30H30N8O2. The van der Waals surface area contributed by atoms with E-state index < -0.39 is 20.5 Å². The fraction of sp³-hybridized carbons (Fsp3) is 0.233. The highest BCUT2D eigenvalue weighted by atomic mass is 16.5. The SMILES string of the molecule is [2H]C([2H])([2H])N(C/C=C1\CCN(c2ccc3ncnc(Nc4ccc(Oc5ccc6c(c5)ncn6C)c(C)c4)c3n2)C1=O)C([2H])([2H])[2H]. The first-order chi connectivity index (χ1) is 21.8. The van der Waals surface area contributed by atoms with Gasteiger partial charge in [0.15, 0.2) is 5.82 Å². The number of ether oxygens (including phenoxy) is 1. The maximum atomic E-state index is 13.3. The minimum absolute atomic E-state index is 0.301. The molecule has 1 N–H and O–H groups in total. The van der Waals surface area contributed by atoms with Crippen LogP contribution in [0.3, 0.4) is 0 Å². The summed E-state index contributed by atoms with van der Waals surface area (Å²) >= 11 is 0. The molecule has 0 radical (unpaired) electrons. The van der Waals surface area contributed by atoms with Gasteiger partial charge in [0.05, 0.1) is 22.9 Å². The number of nitrogens with zero attached hydrogens (tertiary/aromatic N) is 7. The molecule has 1 amide bonds. The van der Waals surface area contributed by atoms with E-state index in [4.69, 9.17) is 17.9 Å². The van der Waals surface area contributed by atoms with E-state index >= 15 is 0 Å². The van der Waals surface area contributed by atoms with Gasteiger partial charge in [-0.25, -0.2) is 19.9 Å². The van der Waals surface area contributed by atoms with Crippen molar-refractivity contribution < 1.29 is 17.8 Å². The van der Waals surface area contributed by atoms with E-state index in [-0.39, 0.29) is 5.91 Å². The fourth-order valence-electron chi connectivity index (χ4n) is 4.68. The molecule has 10 nitrogen and oxygen atoms in total.